The highest BCUT2D eigenvalue weighted by molar-refractivity contribution is 5.75. The minimum Gasteiger partial charge on any atom is -0.201 e. The Hall–Kier alpha value is -2.41. The summed E-state index contributed by atoms with van der Waals surface area (Å²) < 4.78 is 58.4. The van der Waals surface area contributed by atoms with Gasteiger partial charge in [-0.1, -0.05) is 50.2 Å². The average molecular weight is 338 g/mol. The van der Waals surface area contributed by atoms with Crippen molar-refractivity contribution in [2.24, 2.45) is 7.05 Å². The molecule has 2 aromatic carbocycles. The highest BCUT2D eigenvalue weighted by Gasteiger charge is 2.18. The Balaban J connectivity index is 2.36. The molecule has 1 heterocycles. The molecule has 1 aromatic heterocycles. The van der Waals surface area contributed by atoms with Crippen LogP contribution in [0.15, 0.2) is 54.7 Å². The second-order valence-corrected chi connectivity index (χ2v) is 6.68. The molecule has 0 saturated carbocycles. The van der Waals surface area contributed by atoms with Gasteiger partial charge in [0.25, 0.3) is 0 Å². The Labute approximate surface area is 161 Å². The van der Waals surface area contributed by atoms with Crippen molar-refractivity contribution >= 4 is 0 Å². The summed E-state index contributed by atoms with van der Waals surface area (Å²) in [6.45, 7) is 0.490. The minimum absolute atomic E-state index is 0.131. The van der Waals surface area contributed by atoms with E-state index in [-0.39, 0.29) is 11.1 Å². The van der Waals surface area contributed by atoms with Crippen molar-refractivity contribution in [3.05, 3.63) is 77.0 Å². The van der Waals surface area contributed by atoms with Crippen LogP contribution in [0.25, 0.3) is 22.4 Å². The fraction of sp³-hybridized carbons (Fsp3) is 0.292. The van der Waals surface area contributed by atoms with Gasteiger partial charge in [-0.3, -0.25) is 0 Å². The van der Waals surface area contributed by atoms with E-state index in [1.807, 2.05) is 54.9 Å². The molecule has 0 spiro atoms. The quantitative estimate of drug-likeness (QED) is 0.524. The molecule has 0 atom stereocenters. The van der Waals surface area contributed by atoms with E-state index in [0.717, 1.165) is 16.7 Å². The molecule has 1 nitrogen and oxygen atoms in total. The lowest BCUT2D eigenvalue weighted by atomic mass is 9.92. The lowest BCUT2D eigenvalue weighted by molar-refractivity contribution is -0.660. The van der Waals surface area contributed by atoms with Gasteiger partial charge in [0, 0.05) is 26.8 Å². The molecule has 0 unspecified atom stereocenters. The van der Waals surface area contributed by atoms with Crippen LogP contribution in [-0.2, 0) is 7.05 Å². The van der Waals surface area contributed by atoms with E-state index in [0.29, 0.717) is 16.8 Å². The number of aromatic nitrogens is 1. The monoisotopic (exact) mass is 337 g/mol. The van der Waals surface area contributed by atoms with Gasteiger partial charge in [-0.25, -0.2) is 4.57 Å². The molecule has 3 aromatic rings. The summed E-state index contributed by atoms with van der Waals surface area (Å²) in [7, 11) is 1.81. The van der Waals surface area contributed by atoms with Crippen LogP contribution in [0.2, 0.25) is 0 Å². The number of pyridine rings is 1. The van der Waals surface area contributed by atoms with Crippen molar-refractivity contribution in [3.8, 4) is 22.4 Å². The third kappa shape index (κ3) is 3.37. The van der Waals surface area contributed by atoms with Crippen LogP contribution < -0.4 is 4.57 Å². The van der Waals surface area contributed by atoms with E-state index >= 15 is 0 Å². The summed E-state index contributed by atoms with van der Waals surface area (Å²) in [5, 5.41) is 0. The van der Waals surface area contributed by atoms with Gasteiger partial charge >= 0.3 is 0 Å². The van der Waals surface area contributed by atoms with Crippen molar-refractivity contribution in [2.75, 3.05) is 0 Å². The maximum atomic E-state index is 8.43. The van der Waals surface area contributed by atoms with Gasteiger partial charge in [0.15, 0.2) is 6.20 Å². The van der Waals surface area contributed by atoms with Gasteiger partial charge in [0.2, 0.25) is 5.69 Å². The third-order valence-electron chi connectivity index (χ3n) is 4.54. The van der Waals surface area contributed by atoms with E-state index < -0.39 is 19.6 Å². The van der Waals surface area contributed by atoms with E-state index in [2.05, 4.69) is 0 Å². The largest absolute Gasteiger partial charge is 0.212 e. The predicted molar refractivity (Wildman–Crippen MR) is 107 cm³/mol. The van der Waals surface area contributed by atoms with Crippen molar-refractivity contribution in [1.29, 1.82) is 0 Å². The van der Waals surface area contributed by atoms with Crippen molar-refractivity contribution in [1.82, 2.24) is 0 Å². The summed E-state index contributed by atoms with van der Waals surface area (Å²) in [5.41, 5.74) is 4.33. The number of aryl methyl sites for hydroxylation is 4. The van der Waals surface area contributed by atoms with Crippen molar-refractivity contribution < 1.29 is 14.2 Å². The number of benzene rings is 2. The van der Waals surface area contributed by atoms with E-state index in [4.69, 9.17) is 9.60 Å². The zero-order chi connectivity index (χ0) is 24.1. The molecule has 25 heavy (non-hydrogen) atoms. The van der Waals surface area contributed by atoms with Gasteiger partial charge in [-0.15, -0.1) is 0 Å². The molecule has 0 radical (unpaired) electrons. The molecule has 0 N–H and O–H groups in total. The molecular formula is C24H28N+. The van der Waals surface area contributed by atoms with Crippen LogP contribution >= 0.6 is 0 Å². The maximum Gasteiger partial charge on any atom is 0.212 e. The number of hydrogen-bond acceptors (Lipinski definition) is 0. The van der Waals surface area contributed by atoms with Gasteiger partial charge in [-0.2, -0.15) is 0 Å². The van der Waals surface area contributed by atoms with Crippen LogP contribution in [0.3, 0.4) is 0 Å². The molecule has 0 aliphatic rings. The first-order chi connectivity index (χ1) is 14.6. The highest BCUT2D eigenvalue weighted by Crippen LogP contribution is 2.32. The number of nitrogens with zero attached hydrogens (tertiary/aromatic N) is 1. The zero-order valence-electron chi connectivity index (χ0n) is 22.1. The highest BCUT2D eigenvalue weighted by atomic mass is 14.9. The van der Waals surface area contributed by atoms with Crippen LogP contribution in [-0.4, -0.2) is 0 Å². The smallest absolute Gasteiger partial charge is 0.201 e. The Bertz CT molecular complexity index is 1140. The van der Waals surface area contributed by atoms with E-state index in [1.165, 1.54) is 0 Å². The summed E-state index contributed by atoms with van der Waals surface area (Å²) >= 11 is 0. The van der Waals surface area contributed by atoms with E-state index in [1.54, 1.807) is 32.2 Å². The first kappa shape index (κ1) is 10.6. The van der Waals surface area contributed by atoms with Crippen LogP contribution in [0.1, 0.15) is 51.6 Å². The SMILES string of the molecule is [2H]C([2H])([2H])c1cc(C)c(-c2cc(C([2H])([2H])[2H])c(C([2H])(C)C)c[n+]2C)cc1-c1ccccc1. The van der Waals surface area contributed by atoms with E-state index in [9.17, 15) is 0 Å². The Morgan fingerprint density at radius 3 is 2.28 bits per heavy atom. The Morgan fingerprint density at radius 2 is 1.64 bits per heavy atom. The molecule has 1 heteroatoms. The standard InChI is InChI=1S/C24H28N/c1-16(2)23-15-25(6)24(13-19(23)5)22-14-21(17(3)12-18(22)4)20-10-8-7-9-11-20/h7-16H,1-6H3/q+1/i3D3,5D3,16D. The van der Waals surface area contributed by atoms with Gasteiger partial charge in [-0.05, 0) is 60.4 Å². The minimum atomic E-state index is -2.38. The second-order valence-electron chi connectivity index (χ2n) is 6.68. The third-order valence-corrected chi connectivity index (χ3v) is 4.54. The maximum absolute atomic E-state index is 8.43. The summed E-state index contributed by atoms with van der Waals surface area (Å²) in [5.74, 6) is -1.09. The van der Waals surface area contributed by atoms with Crippen molar-refractivity contribution in [3.63, 3.8) is 0 Å². The number of rotatable bonds is 3. The van der Waals surface area contributed by atoms with Crippen LogP contribution in [0.5, 0.6) is 0 Å². The fourth-order valence-electron chi connectivity index (χ4n) is 3.16. The van der Waals surface area contributed by atoms with Gasteiger partial charge in [0.1, 0.15) is 7.05 Å². The summed E-state index contributed by atoms with van der Waals surface area (Å²) in [6.07, 6.45) is 1.70. The van der Waals surface area contributed by atoms with Gasteiger partial charge < -0.3 is 0 Å². The topological polar surface area (TPSA) is 3.88 Å². The second kappa shape index (κ2) is 6.84. The van der Waals surface area contributed by atoms with Crippen LogP contribution in [0, 0.1) is 20.6 Å². The molecule has 0 amide bonds. The van der Waals surface area contributed by atoms with Gasteiger partial charge in [0.05, 0.1) is 0 Å². The fourth-order valence-corrected chi connectivity index (χ4v) is 3.16. The first-order valence-corrected chi connectivity index (χ1v) is 8.36. The predicted octanol–water partition coefficient (Wildman–Crippen LogP) is 5.89. The Morgan fingerprint density at radius 1 is 0.920 bits per heavy atom. The molecule has 0 aliphatic carbocycles. The molecule has 0 bridgehead atoms. The first-order valence-electron chi connectivity index (χ1n) is 11.9. The molecule has 128 valence electrons. The molecule has 3 rings (SSSR count). The Kier molecular flexibility index (Phi) is 2.89. The van der Waals surface area contributed by atoms with Crippen LogP contribution in [0.4, 0.5) is 0 Å². The molecule has 0 aliphatic heterocycles. The molecule has 0 saturated heterocycles. The summed E-state index contributed by atoms with van der Waals surface area (Å²) in [4.78, 5) is 0. The normalized spacial score (nSPS) is 16.7. The lowest BCUT2D eigenvalue weighted by Crippen LogP contribution is -2.32. The summed E-state index contributed by atoms with van der Waals surface area (Å²) in [6, 6.07) is 14.4. The molecule has 0 fully saturated rings. The average Bonchev–Trinajstić information content (AvgIpc) is 2.66. The lowest BCUT2D eigenvalue weighted by Gasteiger charge is -2.14. The zero-order valence-corrected chi connectivity index (χ0v) is 15.1. The molecular weight excluding hydrogens is 302 g/mol. The number of hydrogen-bond donors (Lipinski definition) is 0. The van der Waals surface area contributed by atoms with Crippen molar-refractivity contribution in [2.45, 2.75) is 40.4 Å².